The first kappa shape index (κ1) is 13.0. The van der Waals surface area contributed by atoms with Gasteiger partial charge in [0.05, 0.1) is 12.1 Å². The number of carbonyl (C=O) groups excluding carboxylic acids is 1. The summed E-state index contributed by atoms with van der Waals surface area (Å²) in [6, 6.07) is 4.13. The highest BCUT2D eigenvalue weighted by atomic mass is 79.9. The van der Waals surface area contributed by atoms with E-state index in [4.69, 9.17) is 0 Å². The fourth-order valence-corrected chi connectivity index (χ4v) is 2.29. The molecule has 0 spiro atoms. The number of rotatable bonds is 3. The van der Waals surface area contributed by atoms with Gasteiger partial charge in [-0.1, -0.05) is 27.3 Å². The summed E-state index contributed by atoms with van der Waals surface area (Å²) in [5.41, 5.74) is 0.552. The number of benzene rings is 1. The van der Waals surface area contributed by atoms with Crippen LogP contribution in [0, 0.1) is 5.82 Å². The summed E-state index contributed by atoms with van der Waals surface area (Å²) in [7, 11) is 0. The van der Waals surface area contributed by atoms with Crippen LogP contribution in [0.15, 0.2) is 32.8 Å². The maximum Gasteiger partial charge on any atom is 0.304 e. The molecule has 0 aliphatic carbocycles. The van der Waals surface area contributed by atoms with Crippen molar-refractivity contribution in [2.75, 3.05) is 0 Å². The maximum atomic E-state index is 13.4. The minimum atomic E-state index is -0.588. The monoisotopic (exact) mass is 330 g/mol. The van der Waals surface area contributed by atoms with E-state index in [0.717, 1.165) is 11.3 Å². The highest BCUT2D eigenvalue weighted by Crippen LogP contribution is 2.15. The summed E-state index contributed by atoms with van der Waals surface area (Å²) in [6.45, 7) is 0.156. The molecule has 2 aromatic rings. The van der Waals surface area contributed by atoms with Crippen molar-refractivity contribution >= 4 is 33.2 Å². The van der Waals surface area contributed by atoms with Gasteiger partial charge in [-0.05, 0) is 18.2 Å². The van der Waals surface area contributed by atoms with Crippen LogP contribution in [0.1, 0.15) is 16.1 Å². The molecule has 7 heteroatoms. The molecule has 18 heavy (non-hydrogen) atoms. The van der Waals surface area contributed by atoms with Crippen molar-refractivity contribution in [1.29, 1.82) is 0 Å². The molecule has 1 aromatic carbocycles. The fraction of sp³-hybridized carbons (Fsp3) is 0.0909. The number of aromatic nitrogens is 1. The molecule has 0 saturated heterocycles. The van der Waals surface area contributed by atoms with E-state index in [2.05, 4.69) is 26.2 Å². The van der Waals surface area contributed by atoms with Crippen molar-refractivity contribution in [2.45, 2.75) is 6.54 Å². The zero-order valence-corrected chi connectivity index (χ0v) is 11.4. The predicted octanol–water partition coefficient (Wildman–Crippen LogP) is 2.27. The Kier molecular flexibility index (Phi) is 3.93. The number of amides is 1. The molecule has 4 nitrogen and oxygen atoms in total. The maximum absolute atomic E-state index is 13.4. The third-order valence-corrected chi connectivity index (χ3v) is 3.40. The Balaban J connectivity index is 2.08. The summed E-state index contributed by atoms with van der Waals surface area (Å²) in [5.74, 6) is -1.12. The molecule has 0 aliphatic heterocycles. The van der Waals surface area contributed by atoms with Crippen molar-refractivity contribution in [3.8, 4) is 0 Å². The van der Waals surface area contributed by atoms with E-state index in [1.165, 1.54) is 18.2 Å². The molecule has 2 rings (SSSR count). The Morgan fingerprint density at radius 3 is 2.94 bits per heavy atom. The lowest BCUT2D eigenvalue weighted by atomic mass is 10.2. The van der Waals surface area contributed by atoms with Crippen LogP contribution in [-0.2, 0) is 6.54 Å². The average molecular weight is 331 g/mol. The van der Waals surface area contributed by atoms with Crippen LogP contribution in [0.3, 0.4) is 0 Å². The lowest BCUT2D eigenvalue weighted by Gasteiger charge is -2.05. The zero-order chi connectivity index (χ0) is 13.1. The van der Waals surface area contributed by atoms with E-state index in [0.29, 0.717) is 10.2 Å². The topological polar surface area (TPSA) is 62.0 Å². The van der Waals surface area contributed by atoms with E-state index in [9.17, 15) is 14.0 Å². The van der Waals surface area contributed by atoms with Crippen LogP contribution < -0.4 is 10.2 Å². The molecule has 94 valence electrons. The molecular formula is C11H8BrFN2O2S. The van der Waals surface area contributed by atoms with Gasteiger partial charge in [0.2, 0.25) is 0 Å². The number of aromatic amines is 1. The molecule has 2 N–H and O–H groups in total. The molecule has 1 aromatic heterocycles. The molecule has 1 amide bonds. The minimum Gasteiger partial charge on any atom is -0.346 e. The van der Waals surface area contributed by atoms with Gasteiger partial charge in [-0.15, -0.1) is 0 Å². The molecule has 0 saturated carbocycles. The first-order valence-electron chi connectivity index (χ1n) is 4.96. The third-order valence-electron chi connectivity index (χ3n) is 2.18. The Morgan fingerprint density at radius 1 is 1.50 bits per heavy atom. The van der Waals surface area contributed by atoms with Gasteiger partial charge in [0.15, 0.2) is 0 Å². The van der Waals surface area contributed by atoms with Crippen LogP contribution in [0.5, 0.6) is 0 Å². The number of hydrogen-bond donors (Lipinski definition) is 2. The Bertz CT molecular complexity index is 638. The summed E-state index contributed by atoms with van der Waals surface area (Å²) in [4.78, 5) is 25.0. The van der Waals surface area contributed by atoms with E-state index < -0.39 is 11.7 Å². The summed E-state index contributed by atoms with van der Waals surface area (Å²) < 4.78 is 14.0. The number of carbonyl (C=O) groups is 1. The van der Waals surface area contributed by atoms with Gasteiger partial charge < -0.3 is 10.3 Å². The smallest absolute Gasteiger partial charge is 0.304 e. The number of hydrogen-bond acceptors (Lipinski definition) is 3. The van der Waals surface area contributed by atoms with Gasteiger partial charge in [-0.25, -0.2) is 4.39 Å². The Morgan fingerprint density at radius 2 is 2.28 bits per heavy atom. The zero-order valence-electron chi connectivity index (χ0n) is 9.00. The largest absolute Gasteiger partial charge is 0.346 e. The number of thiazole rings is 1. The van der Waals surface area contributed by atoms with Crippen LogP contribution in [0.4, 0.5) is 4.39 Å². The van der Waals surface area contributed by atoms with E-state index in [-0.39, 0.29) is 17.0 Å². The standard InChI is InChI=1S/C11H8BrFN2O2S/c12-6-1-2-9(13)8(3-6)10(16)14-4-7-5-18-11(17)15-7/h1-3,5H,4H2,(H,14,16)(H,15,17). The first-order valence-corrected chi connectivity index (χ1v) is 6.63. The summed E-state index contributed by atoms with van der Waals surface area (Å²) >= 11 is 4.18. The second-order valence-corrected chi connectivity index (χ2v) is 5.24. The van der Waals surface area contributed by atoms with Crippen molar-refractivity contribution in [3.63, 3.8) is 0 Å². The summed E-state index contributed by atoms with van der Waals surface area (Å²) in [5, 5.41) is 4.14. The van der Waals surface area contributed by atoms with Gasteiger partial charge in [0.1, 0.15) is 5.82 Å². The number of halogens is 2. The SMILES string of the molecule is O=C(NCc1csc(=O)[nH]1)c1cc(Br)ccc1F. The van der Waals surface area contributed by atoms with Crippen LogP contribution in [0.25, 0.3) is 0 Å². The van der Waals surface area contributed by atoms with Crippen molar-refractivity contribution in [1.82, 2.24) is 10.3 Å². The highest BCUT2D eigenvalue weighted by Gasteiger charge is 2.12. The van der Waals surface area contributed by atoms with Gasteiger partial charge >= 0.3 is 4.87 Å². The molecule has 0 unspecified atom stereocenters. The molecule has 0 atom stereocenters. The first-order chi connectivity index (χ1) is 8.56. The second-order valence-electron chi connectivity index (χ2n) is 3.48. The normalized spacial score (nSPS) is 10.3. The van der Waals surface area contributed by atoms with Crippen molar-refractivity contribution in [2.24, 2.45) is 0 Å². The van der Waals surface area contributed by atoms with Gasteiger partial charge in [-0.3, -0.25) is 9.59 Å². The van der Waals surface area contributed by atoms with Crippen molar-refractivity contribution < 1.29 is 9.18 Å². The van der Waals surface area contributed by atoms with Gasteiger partial charge in [0, 0.05) is 15.5 Å². The fourth-order valence-electron chi connectivity index (χ4n) is 1.34. The Labute approximate surface area is 114 Å². The lowest BCUT2D eigenvalue weighted by molar-refractivity contribution is 0.0946. The number of H-pyrrole nitrogens is 1. The molecular weight excluding hydrogens is 323 g/mol. The quantitative estimate of drug-likeness (QED) is 0.906. The number of nitrogens with one attached hydrogen (secondary N) is 2. The van der Waals surface area contributed by atoms with Crippen molar-refractivity contribution in [3.05, 3.63) is 54.8 Å². The van der Waals surface area contributed by atoms with Gasteiger partial charge in [0.25, 0.3) is 5.91 Å². The molecule has 0 radical (unpaired) electrons. The molecule has 0 bridgehead atoms. The van der Waals surface area contributed by atoms with Crippen LogP contribution >= 0.6 is 27.3 Å². The highest BCUT2D eigenvalue weighted by molar-refractivity contribution is 9.10. The van der Waals surface area contributed by atoms with Gasteiger partial charge in [-0.2, -0.15) is 0 Å². The van der Waals surface area contributed by atoms with E-state index >= 15 is 0 Å². The third kappa shape index (κ3) is 3.05. The van der Waals surface area contributed by atoms with E-state index in [1.54, 1.807) is 5.38 Å². The predicted molar refractivity (Wildman–Crippen MR) is 70.2 cm³/mol. The molecule has 0 fully saturated rings. The van der Waals surface area contributed by atoms with Crippen LogP contribution in [-0.4, -0.2) is 10.9 Å². The molecule has 1 heterocycles. The minimum absolute atomic E-state index is 0.0399. The average Bonchev–Trinajstić information content (AvgIpc) is 2.75. The molecule has 0 aliphatic rings. The van der Waals surface area contributed by atoms with Crippen LogP contribution in [0.2, 0.25) is 0 Å². The Hall–Kier alpha value is -1.47. The summed E-state index contributed by atoms with van der Waals surface area (Å²) in [6.07, 6.45) is 0. The second kappa shape index (κ2) is 5.45. The van der Waals surface area contributed by atoms with E-state index in [1.807, 2.05) is 0 Å². The lowest BCUT2D eigenvalue weighted by Crippen LogP contribution is -2.24.